The van der Waals surface area contributed by atoms with Gasteiger partial charge in [0.15, 0.2) is 0 Å². The molecular weight excluding hydrogens is 230 g/mol. The van der Waals surface area contributed by atoms with Crippen LogP contribution in [-0.2, 0) is 4.79 Å². The summed E-state index contributed by atoms with van der Waals surface area (Å²) in [6.07, 6.45) is 5.60. The lowest BCUT2D eigenvalue weighted by Crippen LogP contribution is -2.26. The minimum absolute atomic E-state index is 0.119. The molecule has 0 aromatic heterocycles. The van der Waals surface area contributed by atoms with E-state index in [1.807, 2.05) is 0 Å². The molecule has 0 radical (unpaired) electrons. The van der Waals surface area contributed by atoms with Gasteiger partial charge in [-0.3, -0.25) is 4.79 Å². The smallest absolute Gasteiger partial charge is 0.338 e. The fourth-order valence-electron chi connectivity index (χ4n) is 2.21. The Kier molecular flexibility index (Phi) is 3.07. The molecule has 92 valence electrons. The number of nitrogens with zero attached hydrogens (tertiary/aromatic N) is 1. The van der Waals surface area contributed by atoms with Crippen LogP contribution in [0.15, 0.2) is 18.2 Å². The molecule has 0 spiro atoms. The van der Waals surface area contributed by atoms with E-state index >= 15 is 0 Å². The molecule has 1 N–H and O–H groups in total. The fraction of sp³-hybridized carbons (Fsp3) is 0.286. The van der Waals surface area contributed by atoms with Crippen LogP contribution >= 0.6 is 0 Å². The van der Waals surface area contributed by atoms with Crippen molar-refractivity contribution in [1.82, 2.24) is 0 Å². The number of amides is 1. The van der Waals surface area contributed by atoms with Gasteiger partial charge in [-0.25, -0.2) is 4.79 Å². The zero-order valence-electron chi connectivity index (χ0n) is 10.0. The first-order chi connectivity index (χ1) is 8.54. The van der Waals surface area contributed by atoms with Crippen LogP contribution in [0.2, 0.25) is 0 Å². The van der Waals surface area contributed by atoms with E-state index in [-0.39, 0.29) is 23.8 Å². The average Bonchev–Trinajstić information content (AvgIpc) is 2.69. The lowest BCUT2D eigenvalue weighted by atomic mass is 10.1. The fourth-order valence-corrected chi connectivity index (χ4v) is 2.21. The Morgan fingerprint density at radius 2 is 2.28 bits per heavy atom. The topological polar surface area (TPSA) is 57.6 Å². The Labute approximate surface area is 105 Å². The molecule has 2 rings (SSSR count). The zero-order chi connectivity index (χ0) is 13.3. The van der Waals surface area contributed by atoms with Gasteiger partial charge in [0.2, 0.25) is 5.91 Å². The van der Waals surface area contributed by atoms with Gasteiger partial charge < -0.3 is 10.0 Å². The summed E-state index contributed by atoms with van der Waals surface area (Å²) in [6.45, 7) is 2.10. The predicted molar refractivity (Wildman–Crippen MR) is 67.4 cm³/mol. The van der Waals surface area contributed by atoms with Crippen LogP contribution in [0.3, 0.4) is 0 Å². The van der Waals surface area contributed by atoms with Gasteiger partial charge in [0.05, 0.1) is 11.3 Å². The molecule has 1 unspecified atom stereocenters. The number of benzene rings is 1. The summed E-state index contributed by atoms with van der Waals surface area (Å²) in [5, 5.41) is 9.24. The second-order valence-corrected chi connectivity index (χ2v) is 4.35. The van der Waals surface area contributed by atoms with Crippen molar-refractivity contribution in [2.24, 2.45) is 5.92 Å². The summed E-state index contributed by atoms with van der Waals surface area (Å²) >= 11 is 0. The van der Waals surface area contributed by atoms with Gasteiger partial charge >= 0.3 is 5.97 Å². The van der Waals surface area contributed by atoms with E-state index in [0.29, 0.717) is 17.8 Å². The third-order valence-electron chi connectivity index (χ3n) is 3.12. The summed E-state index contributed by atoms with van der Waals surface area (Å²) < 4.78 is 0. The van der Waals surface area contributed by atoms with Crippen LogP contribution in [0.25, 0.3) is 0 Å². The maximum atomic E-state index is 11.9. The SMILES string of the molecule is C#CC1CC(=O)N(c2cccc(C)c2C(=O)O)C1. The number of aryl methyl sites for hydroxylation is 1. The molecule has 1 heterocycles. The molecule has 1 aromatic rings. The number of anilines is 1. The molecule has 1 atom stereocenters. The Bertz CT molecular complexity index is 557. The molecular formula is C14H13NO3. The first-order valence-electron chi connectivity index (χ1n) is 5.64. The van der Waals surface area contributed by atoms with Crippen molar-refractivity contribution in [3.8, 4) is 12.3 Å². The second kappa shape index (κ2) is 4.53. The van der Waals surface area contributed by atoms with E-state index in [9.17, 15) is 14.7 Å². The van der Waals surface area contributed by atoms with Gasteiger partial charge in [0.25, 0.3) is 0 Å². The third-order valence-corrected chi connectivity index (χ3v) is 3.12. The van der Waals surface area contributed by atoms with E-state index in [1.165, 1.54) is 4.90 Å². The quantitative estimate of drug-likeness (QED) is 0.804. The molecule has 1 aliphatic heterocycles. The van der Waals surface area contributed by atoms with Crippen molar-refractivity contribution >= 4 is 17.6 Å². The molecule has 1 amide bonds. The number of carboxylic acids is 1. The van der Waals surface area contributed by atoms with Crippen molar-refractivity contribution in [2.75, 3.05) is 11.4 Å². The van der Waals surface area contributed by atoms with Gasteiger partial charge in [0.1, 0.15) is 0 Å². The monoisotopic (exact) mass is 243 g/mol. The minimum atomic E-state index is -1.03. The number of carbonyl (C=O) groups is 2. The maximum Gasteiger partial charge on any atom is 0.338 e. The van der Waals surface area contributed by atoms with Crippen molar-refractivity contribution in [2.45, 2.75) is 13.3 Å². The summed E-state index contributed by atoms with van der Waals surface area (Å²) in [7, 11) is 0. The number of aromatic carboxylic acids is 1. The van der Waals surface area contributed by atoms with E-state index in [1.54, 1.807) is 25.1 Å². The van der Waals surface area contributed by atoms with E-state index < -0.39 is 5.97 Å². The molecule has 4 nitrogen and oxygen atoms in total. The van der Waals surface area contributed by atoms with E-state index in [2.05, 4.69) is 5.92 Å². The van der Waals surface area contributed by atoms with Gasteiger partial charge in [-0.15, -0.1) is 12.3 Å². The number of carboxylic acid groups (broad SMARTS) is 1. The van der Waals surface area contributed by atoms with Crippen LogP contribution in [0.5, 0.6) is 0 Å². The first-order valence-corrected chi connectivity index (χ1v) is 5.64. The van der Waals surface area contributed by atoms with Crippen LogP contribution in [0.1, 0.15) is 22.3 Å². The minimum Gasteiger partial charge on any atom is -0.478 e. The van der Waals surface area contributed by atoms with Crippen molar-refractivity contribution < 1.29 is 14.7 Å². The normalized spacial score (nSPS) is 18.8. The second-order valence-electron chi connectivity index (χ2n) is 4.35. The summed E-state index contributed by atoms with van der Waals surface area (Å²) in [4.78, 5) is 24.6. The molecule has 1 aromatic carbocycles. The maximum absolute atomic E-state index is 11.9. The molecule has 1 aliphatic rings. The van der Waals surface area contributed by atoms with Crippen molar-refractivity contribution in [3.63, 3.8) is 0 Å². The molecule has 0 saturated carbocycles. The van der Waals surface area contributed by atoms with Crippen LogP contribution < -0.4 is 4.90 Å². The number of hydrogen-bond acceptors (Lipinski definition) is 2. The highest BCUT2D eigenvalue weighted by Crippen LogP contribution is 2.29. The van der Waals surface area contributed by atoms with E-state index in [4.69, 9.17) is 6.42 Å². The van der Waals surface area contributed by atoms with Crippen molar-refractivity contribution in [1.29, 1.82) is 0 Å². The summed E-state index contributed by atoms with van der Waals surface area (Å²) in [5.74, 6) is 1.26. The molecule has 1 saturated heterocycles. The van der Waals surface area contributed by atoms with Crippen molar-refractivity contribution in [3.05, 3.63) is 29.3 Å². The Balaban J connectivity index is 2.47. The Morgan fingerprint density at radius 3 is 2.83 bits per heavy atom. The molecule has 18 heavy (non-hydrogen) atoms. The molecule has 1 fully saturated rings. The molecule has 0 bridgehead atoms. The van der Waals surface area contributed by atoms with Gasteiger partial charge in [-0.05, 0) is 18.6 Å². The summed E-state index contributed by atoms with van der Waals surface area (Å²) in [6, 6.07) is 5.10. The first kappa shape index (κ1) is 12.2. The van der Waals surface area contributed by atoms with Crippen LogP contribution in [0, 0.1) is 25.2 Å². The standard InChI is InChI=1S/C14H13NO3/c1-3-10-7-12(16)15(8-10)11-6-4-5-9(2)13(11)14(17)18/h1,4-6,10H,7-8H2,2H3,(H,17,18). The number of terminal acetylenes is 1. The molecule has 0 aliphatic carbocycles. The van der Waals surface area contributed by atoms with Crippen LogP contribution in [-0.4, -0.2) is 23.5 Å². The average molecular weight is 243 g/mol. The van der Waals surface area contributed by atoms with Gasteiger partial charge in [-0.1, -0.05) is 12.1 Å². The largest absolute Gasteiger partial charge is 0.478 e. The lowest BCUT2D eigenvalue weighted by Gasteiger charge is -2.19. The number of carbonyl (C=O) groups excluding carboxylic acids is 1. The number of hydrogen-bond donors (Lipinski definition) is 1. The third kappa shape index (κ3) is 1.95. The zero-order valence-corrected chi connectivity index (χ0v) is 10.0. The highest BCUT2D eigenvalue weighted by Gasteiger charge is 2.32. The van der Waals surface area contributed by atoms with E-state index in [0.717, 1.165) is 0 Å². The lowest BCUT2D eigenvalue weighted by molar-refractivity contribution is -0.117. The number of rotatable bonds is 2. The van der Waals surface area contributed by atoms with Gasteiger partial charge in [0, 0.05) is 18.9 Å². The van der Waals surface area contributed by atoms with Crippen LogP contribution in [0.4, 0.5) is 5.69 Å². The summed E-state index contributed by atoms with van der Waals surface area (Å²) in [5.41, 5.74) is 1.24. The van der Waals surface area contributed by atoms with Gasteiger partial charge in [-0.2, -0.15) is 0 Å². The Hall–Kier alpha value is -2.28. The predicted octanol–water partition coefficient (Wildman–Crippen LogP) is 1.68. The highest BCUT2D eigenvalue weighted by molar-refractivity contribution is 6.04. The Morgan fingerprint density at radius 1 is 1.56 bits per heavy atom. The molecule has 4 heteroatoms. The highest BCUT2D eigenvalue weighted by atomic mass is 16.4.